The third kappa shape index (κ3) is 3.44. The van der Waals surface area contributed by atoms with Gasteiger partial charge in [-0.25, -0.2) is 0 Å². The number of amides is 1. The van der Waals surface area contributed by atoms with Crippen molar-refractivity contribution in [2.45, 2.75) is 31.6 Å². The molecule has 1 aliphatic heterocycles. The Kier molecular flexibility index (Phi) is 4.89. The maximum absolute atomic E-state index is 12.5. The molecule has 4 rings (SSSR count). The monoisotopic (exact) mass is 368 g/mol. The van der Waals surface area contributed by atoms with E-state index in [2.05, 4.69) is 14.6 Å². The van der Waals surface area contributed by atoms with Gasteiger partial charge in [0.15, 0.2) is 5.65 Å². The lowest BCUT2D eigenvalue weighted by Crippen LogP contribution is -2.38. The molecule has 134 valence electrons. The Labute approximate surface area is 157 Å². The molecule has 0 N–H and O–H groups in total. The molecular weight excluding hydrogens is 348 g/mol. The minimum Gasteiger partial charge on any atom is -0.343 e. The molecule has 5 nitrogen and oxygen atoms in total. The van der Waals surface area contributed by atoms with E-state index in [1.54, 1.807) is 0 Å². The quantitative estimate of drug-likeness (QED) is 0.705. The molecule has 0 saturated carbocycles. The van der Waals surface area contributed by atoms with Crippen molar-refractivity contribution in [3.8, 4) is 0 Å². The second-order valence-corrected chi connectivity index (χ2v) is 7.14. The fourth-order valence-electron chi connectivity index (χ4n) is 3.63. The number of carbonyl (C=O) groups is 1. The van der Waals surface area contributed by atoms with Gasteiger partial charge in [0.25, 0.3) is 0 Å². The Morgan fingerprint density at radius 1 is 1.08 bits per heavy atom. The summed E-state index contributed by atoms with van der Waals surface area (Å²) in [6, 6.07) is 13.6. The van der Waals surface area contributed by atoms with Crippen molar-refractivity contribution < 1.29 is 4.79 Å². The summed E-state index contributed by atoms with van der Waals surface area (Å²) in [4.78, 5) is 14.5. The number of aryl methyl sites for hydroxylation is 1. The van der Waals surface area contributed by atoms with Crippen LogP contribution in [0.3, 0.4) is 0 Å². The SMILES string of the molecule is O=C(CCc1ccccc1Cl)N1CCC(c2nnc3ccccn23)CC1. The molecule has 2 aromatic heterocycles. The summed E-state index contributed by atoms with van der Waals surface area (Å²) in [7, 11) is 0. The molecule has 1 amide bonds. The molecule has 1 fully saturated rings. The van der Waals surface area contributed by atoms with Crippen LogP contribution in [0.1, 0.15) is 36.6 Å². The number of nitrogens with zero attached hydrogens (tertiary/aromatic N) is 4. The minimum atomic E-state index is 0.203. The standard InChI is InChI=1S/C20H21ClN4O/c21-17-6-2-1-5-15(17)8-9-19(26)24-13-10-16(11-14-24)20-23-22-18-7-3-4-12-25(18)20/h1-7,12,16H,8-11,13-14H2. The van der Waals surface area contributed by atoms with E-state index in [1.165, 1.54) is 0 Å². The van der Waals surface area contributed by atoms with Crippen molar-refractivity contribution in [2.24, 2.45) is 0 Å². The topological polar surface area (TPSA) is 50.5 Å². The number of carbonyl (C=O) groups excluding carboxylic acids is 1. The average Bonchev–Trinajstić information content (AvgIpc) is 3.11. The first-order valence-corrected chi connectivity index (χ1v) is 9.41. The molecule has 3 aromatic rings. The number of aromatic nitrogens is 3. The highest BCUT2D eigenvalue weighted by Crippen LogP contribution is 2.27. The lowest BCUT2D eigenvalue weighted by molar-refractivity contribution is -0.132. The largest absolute Gasteiger partial charge is 0.343 e. The lowest BCUT2D eigenvalue weighted by atomic mass is 9.95. The van der Waals surface area contributed by atoms with Gasteiger partial charge in [-0.15, -0.1) is 10.2 Å². The highest BCUT2D eigenvalue weighted by atomic mass is 35.5. The number of fused-ring (bicyclic) bond motifs is 1. The van der Waals surface area contributed by atoms with Crippen LogP contribution in [0.5, 0.6) is 0 Å². The van der Waals surface area contributed by atoms with E-state index in [1.807, 2.05) is 53.6 Å². The Hall–Kier alpha value is -2.40. The summed E-state index contributed by atoms with van der Waals surface area (Å²) in [5.41, 5.74) is 1.91. The van der Waals surface area contributed by atoms with Crippen LogP contribution in [0.25, 0.3) is 5.65 Å². The lowest BCUT2D eigenvalue weighted by Gasteiger charge is -2.31. The molecular formula is C20H21ClN4O. The van der Waals surface area contributed by atoms with Gasteiger partial charge in [0.1, 0.15) is 5.82 Å². The molecule has 1 saturated heterocycles. The number of likely N-dealkylation sites (tertiary alicyclic amines) is 1. The molecule has 0 atom stereocenters. The number of hydrogen-bond acceptors (Lipinski definition) is 3. The summed E-state index contributed by atoms with van der Waals surface area (Å²) < 4.78 is 2.06. The molecule has 6 heteroatoms. The van der Waals surface area contributed by atoms with Crippen LogP contribution in [0.2, 0.25) is 5.02 Å². The van der Waals surface area contributed by atoms with E-state index >= 15 is 0 Å². The average molecular weight is 369 g/mol. The Bertz CT molecular complexity index is 915. The van der Waals surface area contributed by atoms with E-state index in [-0.39, 0.29) is 5.91 Å². The van der Waals surface area contributed by atoms with Crippen molar-refractivity contribution in [1.29, 1.82) is 0 Å². The van der Waals surface area contributed by atoms with Crippen molar-refractivity contribution in [3.05, 3.63) is 65.1 Å². The number of rotatable bonds is 4. The van der Waals surface area contributed by atoms with Crippen LogP contribution in [0, 0.1) is 0 Å². The van der Waals surface area contributed by atoms with E-state index in [0.29, 0.717) is 18.8 Å². The molecule has 0 unspecified atom stereocenters. The van der Waals surface area contributed by atoms with Crippen LogP contribution in [0.15, 0.2) is 48.7 Å². The van der Waals surface area contributed by atoms with Gasteiger partial charge in [0.2, 0.25) is 5.91 Å². The van der Waals surface area contributed by atoms with E-state index in [4.69, 9.17) is 11.6 Å². The predicted octanol–water partition coefficient (Wildman–Crippen LogP) is 3.72. The number of benzene rings is 1. The maximum Gasteiger partial charge on any atom is 0.222 e. The summed E-state index contributed by atoms with van der Waals surface area (Å²) in [5.74, 6) is 1.55. The van der Waals surface area contributed by atoms with Gasteiger partial charge in [-0.05, 0) is 43.0 Å². The first-order chi connectivity index (χ1) is 12.7. The fraction of sp³-hybridized carbons (Fsp3) is 0.350. The van der Waals surface area contributed by atoms with Crippen molar-refractivity contribution in [3.63, 3.8) is 0 Å². The normalized spacial score (nSPS) is 15.5. The van der Waals surface area contributed by atoms with Gasteiger partial charge in [-0.3, -0.25) is 9.20 Å². The molecule has 1 aliphatic rings. The first kappa shape index (κ1) is 17.0. The Balaban J connectivity index is 1.34. The van der Waals surface area contributed by atoms with Gasteiger partial charge in [-0.2, -0.15) is 0 Å². The van der Waals surface area contributed by atoms with Crippen LogP contribution < -0.4 is 0 Å². The highest BCUT2D eigenvalue weighted by molar-refractivity contribution is 6.31. The summed E-state index contributed by atoms with van der Waals surface area (Å²) in [6.45, 7) is 1.54. The van der Waals surface area contributed by atoms with Gasteiger partial charge < -0.3 is 4.90 Å². The summed E-state index contributed by atoms with van der Waals surface area (Å²) in [6.07, 6.45) is 5.04. The predicted molar refractivity (Wildman–Crippen MR) is 101 cm³/mol. The third-order valence-corrected chi connectivity index (χ3v) is 5.49. The zero-order valence-corrected chi connectivity index (χ0v) is 15.3. The summed E-state index contributed by atoms with van der Waals surface area (Å²) >= 11 is 6.18. The molecule has 0 bridgehead atoms. The smallest absolute Gasteiger partial charge is 0.222 e. The molecule has 0 spiro atoms. The number of pyridine rings is 1. The Morgan fingerprint density at radius 2 is 1.85 bits per heavy atom. The second-order valence-electron chi connectivity index (χ2n) is 6.73. The van der Waals surface area contributed by atoms with Gasteiger partial charge in [0.05, 0.1) is 0 Å². The van der Waals surface area contributed by atoms with Gasteiger partial charge in [-0.1, -0.05) is 35.9 Å². The zero-order valence-electron chi connectivity index (χ0n) is 14.5. The minimum absolute atomic E-state index is 0.203. The van der Waals surface area contributed by atoms with Crippen molar-refractivity contribution in [1.82, 2.24) is 19.5 Å². The van der Waals surface area contributed by atoms with Crippen LogP contribution in [-0.4, -0.2) is 38.5 Å². The van der Waals surface area contributed by atoms with Crippen LogP contribution in [-0.2, 0) is 11.2 Å². The van der Waals surface area contributed by atoms with Crippen molar-refractivity contribution >= 4 is 23.2 Å². The highest BCUT2D eigenvalue weighted by Gasteiger charge is 2.26. The molecule has 3 heterocycles. The molecule has 26 heavy (non-hydrogen) atoms. The van der Waals surface area contributed by atoms with E-state index in [9.17, 15) is 4.79 Å². The second kappa shape index (κ2) is 7.46. The third-order valence-electron chi connectivity index (χ3n) is 5.12. The molecule has 1 aromatic carbocycles. The molecule has 0 radical (unpaired) electrons. The summed E-state index contributed by atoms with van der Waals surface area (Å²) in [5, 5.41) is 9.34. The number of halogens is 1. The number of piperidine rings is 1. The van der Waals surface area contributed by atoms with E-state index < -0.39 is 0 Å². The Morgan fingerprint density at radius 3 is 2.65 bits per heavy atom. The van der Waals surface area contributed by atoms with Crippen molar-refractivity contribution in [2.75, 3.05) is 13.1 Å². The first-order valence-electron chi connectivity index (χ1n) is 9.03. The zero-order chi connectivity index (χ0) is 17.9. The van der Waals surface area contributed by atoms with Gasteiger partial charge >= 0.3 is 0 Å². The van der Waals surface area contributed by atoms with E-state index in [0.717, 1.165) is 48.0 Å². The van der Waals surface area contributed by atoms with Gasteiger partial charge in [0, 0.05) is 36.6 Å². The van der Waals surface area contributed by atoms with Crippen LogP contribution in [0.4, 0.5) is 0 Å². The fourth-order valence-corrected chi connectivity index (χ4v) is 3.86. The maximum atomic E-state index is 12.5. The molecule has 0 aliphatic carbocycles. The number of hydrogen-bond donors (Lipinski definition) is 0. The van der Waals surface area contributed by atoms with Crippen LogP contribution >= 0.6 is 11.6 Å².